The third kappa shape index (κ3) is 3.46. The number of carbonyl (C=O) groups is 1. The molecule has 3 heterocycles. The summed E-state index contributed by atoms with van der Waals surface area (Å²) in [4.78, 5) is 30.5. The molecule has 0 bridgehead atoms. The Hall–Kier alpha value is -2.58. The fourth-order valence-corrected chi connectivity index (χ4v) is 4.63. The monoisotopic (exact) mass is 443 g/mol. The van der Waals surface area contributed by atoms with E-state index in [0.717, 1.165) is 24.0 Å². The average molecular weight is 444 g/mol. The van der Waals surface area contributed by atoms with Crippen molar-refractivity contribution in [1.82, 2.24) is 4.57 Å². The van der Waals surface area contributed by atoms with Crippen LogP contribution in [0.5, 0.6) is 0 Å². The smallest absolute Gasteiger partial charge is 0.343 e. The van der Waals surface area contributed by atoms with Crippen molar-refractivity contribution in [2.75, 3.05) is 6.67 Å². The van der Waals surface area contributed by atoms with Crippen LogP contribution < -0.4 is 11.3 Å². The number of esters is 1. The normalized spacial score (nSPS) is 29.3. The van der Waals surface area contributed by atoms with Crippen LogP contribution in [0.4, 0.5) is 4.39 Å². The Labute approximate surface area is 186 Å². The highest BCUT2D eigenvalue weighted by molar-refractivity contribution is 6.14. The van der Waals surface area contributed by atoms with E-state index in [9.17, 15) is 19.1 Å². The molecule has 0 radical (unpaired) electrons. The number of nitrogens with zero attached hydrogens (tertiary/aromatic N) is 2. The summed E-state index contributed by atoms with van der Waals surface area (Å²) >= 11 is 0. The number of aliphatic imine (C=N–C) groups is 1. The number of allylic oxidation sites excluding steroid dienone is 2. The lowest BCUT2D eigenvalue weighted by Crippen LogP contribution is -2.44. The Bertz CT molecular complexity index is 1100. The summed E-state index contributed by atoms with van der Waals surface area (Å²) in [5.41, 5.74) is 7.32. The summed E-state index contributed by atoms with van der Waals surface area (Å²) in [6.45, 7) is 4.89. The zero-order chi connectivity index (χ0) is 23.2. The summed E-state index contributed by atoms with van der Waals surface area (Å²) in [5.74, 6) is -0.816. The summed E-state index contributed by atoms with van der Waals surface area (Å²) in [5, 5.41) is 11.0. The predicted octanol–water partition coefficient (Wildman–Crippen LogP) is 2.27. The van der Waals surface area contributed by atoms with Gasteiger partial charge in [-0.3, -0.25) is 9.79 Å². The molecule has 32 heavy (non-hydrogen) atoms. The molecule has 0 spiro atoms. The van der Waals surface area contributed by atoms with Gasteiger partial charge in [-0.15, -0.1) is 0 Å². The largest absolute Gasteiger partial charge is 0.458 e. The van der Waals surface area contributed by atoms with E-state index in [-0.39, 0.29) is 48.2 Å². The average Bonchev–Trinajstić information content (AvgIpc) is 3.13. The highest BCUT2D eigenvalue weighted by atomic mass is 19.1. The van der Waals surface area contributed by atoms with Crippen LogP contribution in [0.1, 0.15) is 56.9 Å². The first-order chi connectivity index (χ1) is 15.2. The van der Waals surface area contributed by atoms with Gasteiger partial charge in [-0.1, -0.05) is 32.9 Å². The van der Waals surface area contributed by atoms with E-state index in [1.165, 1.54) is 0 Å². The molecule has 0 saturated heterocycles. The Kier molecular flexibility index (Phi) is 5.94. The molecule has 1 aromatic heterocycles. The summed E-state index contributed by atoms with van der Waals surface area (Å²) in [7, 11) is 0. The third-order valence-corrected chi connectivity index (χ3v) is 6.80. The van der Waals surface area contributed by atoms with Gasteiger partial charge in [0.15, 0.2) is 5.60 Å². The summed E-state index contributed by atoms with van der Waals surface area (Å²) in [6.07, 6.45) is 5.71. The fourth-order valence-electron chi connectivity index (χ4n) is 4.63. The standard InChI is InChI=1S/C24H30FN3O4/c1-4-24(31)17-9-20-21(27-19(10-25)13(2)3)15(14-7-5-6-8-18(14)26)11-28(20)22(29)16(17)12-32-23(24)30/h5,7,9,13,18-19,31H,4,6,8,10-12,26H2,1-3H3/b15-14+,27-21?/t18-,19?,24-/m0/s1. The molecule has 0 aromatic carbocycles. The molecule has 1 aromatic rings. The molecule has 0 saturated carbocycles. The van der Waals surface area contributed by atoms with E-state index < -0.39 is 24.3 Å². The number of halogens is 1. The quantitative estimate of drug-likeness (QED) is 0.695. The first kappa shape index (κ1) is 22.6. The number of pyridine rings is 1. The van der Waals surface area contributed by atoms with Gasteiger partial charge in [0.2, 0.25) is 0 Å². The minimum Gasteiger partial charge on any atom is -0.458 e. The minimum absolute atomic E-state index is 0.0460. The molecule has 2 aliphatic heterocycles. The first-order valence-electron chi connectivity index (χ1n) is 11.2. The second kappa shape index (κ2) is 8.41. The van der Waals surface area contributed by atoms with E-state index in [1.807, 2.05) is 26.0 Å². The lowest BCUT2D eigenvalue weighted by molar-refractivity contribution is -0.172. The van der Waals surface area contributed by atoms with Crippen molar-refractivity contribution in [3.63, 3.8) is 0 Å². The van der Waals surface area contributed by atoms with Crippen LogP contribution in [0.3, 0.4) is 0 Å². The van der Waals surface area contributed by atoms with Crippen molar-refractivity contribution >= 4 is 11.7 Å². The number of nitrogens with two attached hydrogens (primary N) is 1. The van der Waals surface area contributed by atoms with Crippen LogP contribution in [0.2, 0.25) is 0 Å². The molecular formula is C24H30FN3O4. The van der Waals surface area contributed by atoms with Crippen LogP contribution in [0, 0.1) is 5.92 Å². The number of alkyl halides is 1. The van der Waals surface area contributed by atoms with Crippen molar-refractivity contribution < 1.29 is 19.0 Å². The van der Waals surface area contributed by atoms with Crippen molar-refractivity contribution in [2.45, 2.75) is 70.9 Å². The zero-order valence-electron chi connectivity index (χ0n) is 18.7. The molecule has 3 aliphatic rings. The van der Waals surface area contributed by atoms with E-state index in [2.05, 4.69) is 0 Å². The third-order valence-electron chi connectivity index (χ3n) is 6.80. The molecule has 7 nitrogen and oxygen atoms in total. The highest BCUT2D eigenvalue weighted by Gasteiger charge is 2.45. The molecule has 3 atom stereocenters. The molecule has 1 unspecified atom stereocenters. The summed E-state index contributed by atoms with van der Waals surface area (Å²) < 4.78 is 20.5. The topological polar surface area (TPSA) is 107 Å². The molecule has 0 fully saturated rings. The highest BCUT2D eigenvalue weighted by Crippen LogP contribution is 2.36. The Balaban J connectivity index is 2.00. The fraction of sp³-hybridized carbons (Fsp3) is 0.542. The SMILES string of the molecule is CC[C@@]1(O)C(=O)OCc2c1cc1n(c2=O)C/C(=C2/C=CCC[C@@H]2N)C1=NC(CF)C(C)C. The molecule has 1 aliphatic carbocycles. The Morgan fingerprint density at radius 3 is 2.78 bits per heavy atom. The number of rotatable bonds is 4. The maximum Gasteiger partial charge on any atom is 0.343 e. The predicted molar refractivity (Wildman–Crippen MR) is 119 cm³/mol. The number of aromatic nitrogens is 1. The molecule has 0 amide bonds. The van der Waals surface area contributed by atoms with Crippen molar-refractivity contribution in [2.24, 2.45) is 16.6 Å². The number of ether oxygens (including phenoxy) is 1. The molecule has 8 heteroatoms. The Morgan fingerprint density at radius 2 is 2.16 bits per heavy atom. The van der Waals surface area contributed by atoms with Crippen LogP contribution in [-0.4, -0.2) is 40.1 Å². The minimum atomic E-state index is -1.90. The maximum absolute atomic E-state index is 13.8. The second-order valence-corrected chi connectivity index (χ2v) is 9.07. The number of carbonyl (C=O) groups excluding carboxylic acids is 1. The van der Waals surface area contributed by atoms with E-state index in [4.69, 9.17) is 15.5 Å². The number of hydrogen-bond acceptors (Lipinski definition) is 6. The van der Waals surface area contributed by atoms with Gasteiger partial charge in [-0.2, -0.15) is 0 Å². The van der Waals surface area contributed by atoms with Crippen LogP contribution in [0.25, 0.3) is 0 Å². The van der Waals surface area contributed by atoms with Gasteiger partial charge < -0.3 is 20.1 Å². The van der Waals surface area contributed by atoms with Gasteiger partial charge in [-0.05, 0) is 36.8 Å². The van der Waals surface area contributed by atoms with E-state index in [0.29, 0.717) is 11.4 Å². The van der Waals surface area contributed by atoms with Gasteiger partial charge in [0.1, 0.15) is 13.3 Å². The number of aliphatic hydroxyl groups is 1. The number of fused-ring (bicyclic) bond motifs is 2. The number of hydrogen-bond donors (Lipinski definition) is 2. The van der Waals surface area contributed by atoms with Gasteiger partial charge in [-0.25, -0.2) is 9.18 Å². The zero-order valence-corrected chi connectivity index (χ0v) is 18.7. The second-order valence-electron chi connectivity index (χ2n) is 9.07. The van der Waals surface area contributed by atoms with E-state index >= 15 is 0 Å². The molecular weight excluding hydrogens is 413 g/mol. The van der Waals surface area contributed by atoms with Crippen LogP contribution >= 0.6 is 0 Å². The van der Waals surface area contributed by atoms with E-state index in [1.54, 1.807) is 17.6 Å². The van der Waals surface area contributed by atoms with Gasteiger partial charge in [0.05, 0.1) is 29.6 Å². The van der Waals surface area contributed by atoms with Crippen molar-refractivity contribution in [1.29, 1.82) is 0 Å². The Morgan fingerprint density at radius 1 is 1.41 bits per heavy atom. The van der Waals surface area contributed by atoms with Crippen LogP contribution in [-0.2, 0) is 28.3 Å². The van der Waals surface area contributed by atoms with Crippen molar-refractivity contribution in [3.8, 4) is 0 Å². The van der Waals surface area contributed by atoms with Gasteiger partial charge >= 0.3 is 5.97 Å². The van der Waals surface area contributed by atoms with Gasteiger partial charge in [0, 0.05) is 17.2 Å². The maximum atomic E-state index is 13.8. The molecule has 3 N–H and O–H groups in total. The molecule has 4 rings (SSSR count). The molecule has 172 valence electrons. The van der Waals surface area contributed by atoms with Crippen molar-refractivity contribution in [3.05, 3.63) is 56.5 Å². The summed E-state index contributed by atoms with van der Waals surface area (Å²) in [6, 6.07) is 0.859. The van der Waals surface area contributed by atoms with Gasteiger partial charge in [0.25, 0.3) is 5.56 Å². The van der Waals surface area contributed by atoms with Crippen LogP contribution in [0.15, 0.2) is 39.2 Å². The lowest BCUT2D eigenvalue weighted by atomic mass is 9.85. The lowest BCUT2D eigenvalue weighted by Gasteiger charge is -2.31. The first-order valence-corrected chi connectivity index (χ1v) is 11.2. The number of cyclic esters (lactones) is 1.